The summed E-state index contributed by atoms with van der Waals surface area (Å²) in [5.74, 6) is -0.362. The molecule has 8 nitrogen and oxygen atoms in total. The molecule has 0 atom stereocenters. The van der Waals surface area contributed by atoms with Crippen molar-refractivity contribution in [1.29, 1.82) is 0 Å². The zero-order chi connectivity index (χ0) is 16.4. The molecule has 0 aliphatic rings. The molecule has 1 aromatic carbocycles. The molecule has 0 aliphatic carbocycles. The van der Waals surface area contributed by atoms with Gasteiger partial charge in [-0.05, 0) is 32.0 Å². The van der Waals surface area contributed by atoms with Gasteiger partial charge < -0.3 is 9.84 Å². The molecule has 0 aliphatic heterocycles. The Hall–Kier alpha value is -2.74. The molecule has 2 heterocycles. The zero-order valence-corrected chi connectivity index (χ0v) is 13.2. The minimum atomic E-state index is -0.430. The number of carbonyl (C=O) groups excluding carboxylic acids is 1. The first-order valence-corrected chi connectivity index (χ1v) is 7.24. The first-order valence-electron chi connectivity index (χ1n) is 6.86. The summed E-state index contributed by atoms with van der Waals surface area (Å²) in [6.07, 6.45) is 1.63. The van der Waals surface area contributed by atoms with E-state index in [1.165, 1.54) is 4.68 Å². The molecule has 0 bridgehead atoms. The van der Waals surface area contributed by atoms with Gasteiger partial charge in [-0.25, -0.2) is 4.68 Å². The molecule has 3 aromatic rings. The minimum Gasteiger partial charge on any atom is -0.346 e. The molecular formula is C14H13ClN6O2. The van der Waals surface area contributed by atoms with E-state index in [9.17, 15) is 4.79 Å². The van der Waals surface area contributed by atoms with E-state index < -0.39 is 5.91 Å². The first kappa shape index (κ1) is 15.2. The van der Waals surface area contributed by atoms with Crippen LogP contribution in [-0.4, -0.2) is 37.1 Å². The van der Waals surface area contributed by atoms with E-state index in [2.05, 4.69) is 25.8 Å². The number of nitrogens with one attached hydrogen (secondary N) is 1. The molecule has 0 fully saturated rings. The Morgan fingerprint density at radius 3 is 2.96 bits per heavy atom. The molecule has 0 radical (unpaired) electrons. The van der Waals surface area contributed by atoms with E-state index in [0.717, 1.165) is 5.69 Å². The third-order valence-corrected chi connectivity index (χ3v) is 3.07. The molecule has 0 saturated carbocycles. The molecule has 2 aromatic heterocycles. The van der Waals surface area contributed by atoms with Crippen molar-refractivity contribution < 1.29 is 9.32 Å². The molecule has 0 spiro atoms. The summed E-state index contributed by atoms with van der Waals surface area (Å²) in [5, 5.41) is 15.0. The number of aromatic nitrogens is 5. The van der Waals surface area contributed by atoms with Gasteiger partial charge in [-0.1, -0.05) is 28.0 Å². The highest BCUT2D eigenvalue weighted by Crippen LogP contribution is 2.17. The van der Waals surface area contributed by atoms with E-state index in [4.69, 9.17) is 16.1 Å². The van der Waals surface area contributed by atoms with Crippen LogP contribution >= 0.6 is 11.6 Å². The van der Waals surface area contributed by atoms with Gasteiger partial charge in [-0.3, -0.25) is 4.79 Å². The van der Waals surface area contributed by atoms with Gasteiger partial charge >= 0.3 is 11.8 Å². The molecular weight excluding hydrogens is 320 g/mol. The van der Waals surface area contributed by atoms with Crippen LogP contribution in [-0.2, 0) is 0 Å². The predicted molar refractivity (Wildman–Crippen MR) is 82.3 cm³/mol. The van der Waals surface area contributed by atoms with Crippen molar-refractivity contribution >= 4 is 17.5 Å². The summed E-state index contributed by atoms with van der Waals surface area (Å²) in [4.78, 5) is 15.8. The Labute approximate surface area is 136 Å². The lowest BCUT2D eigenvalue weighted by atomic mass is 10.3. The Bertz CT molecular complexity index is 841. The number of rotatable bonds is 4. The molecule has 3 rings (SSSR count). The predicted octanol–water partition coefficient (Wildman–Crippen LogP) is 2.11. The van der Waals surface area contributed by atoms with Crippen LogP contribution in [0.2, 0.25) is 5.02 Å². The number of amides is 1. The number of halogens is 1. The Morgan fingerprint density at radius 2 is 2.22 bits per heavy atom. The van der Waals surface area contributed by atoms with Crippen LogP contribution < -0.4 is 5.32 Å². The quantitative estimate of drug-likeness (QED) is 0.785. The summed E-state index contributed by atoms with van der Waals surface area (Å²) in [7, 11) is 0. The van der Waals surface area contributed by atoms with Crippen molar-refractivity contribution in [3.63, 3.8) is 0 Å². The van der Waals surface area contributed by atoms with Gasteiger partial charge in [-0.2, -0.15) is 4.98 Å². The van der Waals surface area contributed by atoms with Gasteiger partial charge in [0.05, 0.1) is 11.9 Å². The van der Waals surface area contributed by atoms with E-state index in [1.54, 1.807) is 18.3 Å². The minimum absolute atomic E-state index is 0.0263. The van der Waals surface area contributed by atoms with Crippen LogP contribution in [0.15, 0.2) is 35.0 Å². The fourth-order valence-corrected chi connectivity index (χ4v) is 2.04. The van der Waals surface area contributed by atoms with Crippen LogP contribution in [0.3, 0.4) is 0 Å². The standard InChI is InChI=1S/C14H13ClN6O2/c1-8(2)16-13(22)14-17-12(19-23-14)11-7-21(20-18-11)10-5-3-4-9(15)6-10/h3-8H,1-2H3,(H,16,22). The fraction of sp³-hybridized carbons (Fsp3) is 0.214. The van der Waals surface area contributed by atoms with Crippen molar-refractivity contribution in [2.75, 3.05) is 0 Å². The zero-order valence-electron chi connectivity index (χ0n) is 12.4. The normalized spacial score (nSPS) is 11.0. The SMILES string of the molecule is CC(C)NC(=O)c1nc(-c2cn(-c3cccc(Cl)c3)nn2)no1. The summed E-state index contributed by atoms with van der Waals surface area (Å²) in [5.41, 5.74) is 1.13. The van der Waals surface area contributed by atoms with Crippen molar-refractivity contribution in [2.24, 2.45) is 0 Å². The van der Waals surface area contributed by atoms with Crippen molar-refractivity contribution in [1.82, 2.24) is 30.5 Å². The van der Waals surface area contributed by atoms with Crippen LogP contribution in [0.1, 0.15) is 24.5 Å². The maximum atomic E-state index is 11.8. The molecule has 0 saturated heterocycles. The average Bonchev–Trinajstić information content (AvgIpc) is 3.16. The average molecular weight is 333 g/mol. The summed E-state index contributed by atoms with van der Waals surface area (Å²) >= 11 is 5.95. The molecule has 1 N–H and O–H groups in total. The van der Waals surface area contributed by atoms with Crippen LogP contribution in [0.5, 0.6) is 0 Å². The second-order valence-electron chi connectivity index (χ2n) is 5.08. The van der Waals surface area contributed by atoms with Crippen molar-refractivity contribution in [3.05, 3.63) is 41.4 Å². The van der Waals surface area contributed by atoms with Gasteiger partial charge in [-0.15, -0.1) is 5.10 Å². The Balaban J connectivity index is 1.84. The monoisotopic (exact) mass is 332 g/mol. The van der Waals surface area contributed by atoms with Crippen LogP contribution in [0.4, 0.5) is 0 Å². The number of carbonyl (C=O) groups is 1. The highest BCUT2D eigenvalue weighted by Gasteiger charge is 2.18. The molecule has 23 heavy (non-hydrogen) atoms. The van der Waals surface area contributed by atoms with Crippen LogP contribution in [0, 0.1) is 0 Å². The fourth-order valence-electron chi connectivity index (χ4n) is 1.85. The number of hydrogen-bond donors (Lipinski definition) is 1. The smallest absolute Gasteiger partial charge is 0.316 e. The molecule has 1 amide bonds. The summed E-state index contributed by atoms with van der Waals surface area (Å²) < 4.78 is 6.48. The summed E-state index contributed by atoms with van der Waals surface area (Å²) in [6, 6.07) is 7.13. The Morgan fingerprint density at radius 1 is 1.39 bits per heavy atom. The molecule has 118 valence electrons. The second-order valence-corrected chi connectivity index (χ2v) is 5.52. The van der Waals surface area contributed by atoms with Crippen molar-refractivity contribution in [2.45, 2.75) is 19.9 Å². The van der Waals surface area contributed by atoms with Crippen molar-refractivity contribution in [3.8, 4) is 17.2 Å². The maximum Gasteiger partial charge on any atom is 0.316 e. The van der Waals surface area contributed by atoms with Gasteiger partial charge in [0.1, 0.15) is 0 Å². The highest BCUT2D eigenvalue weighted by molar-refractivity contribution is 6.30. The van der Waals surface area contributed by atoms with E-state index >= 15 is 0 Å². The summed E-state index contributed by atoms with van der Waals surface area (Å²) in [6.45, 7) is 3.68. The second kappa shape index (κ2) is 6.17. The van der Waals surface area contributed by atoms with E-state index in [-0.39, 0.29) is 17.8 Å². The lowest BCUT2D eigenvalue weighted by Gasteiger charge is -2.03. The number of hydrogen-bond acceptors (Lipinski definition) is 6. The van der Waals surface area contributed by atoms with E-state index in [1.807, 2.05) is 26.0 Å². The first-order chi connectivity index (χ1) is 11.0. The Kier molecular flexibility index (Phi) is 4.07. The maximum absolute atomic E-state index is 11.8. The topological polar surface area (TPSA) is 98.7 Å². The molecule has 9 heteroatoms. The van der Waals surface area contributed by atoms with Gasteiger partial charge in [0.15, 0.2) is 5.69 Å². The van der Waals surface area contributed by atoms with Gasteiger partial charge in [0, 0.05) is 11.1 Å². The third kappa shape index (κ3) is 3.37. The third-order valence-electron chi connectivity index (χ3n) is 2.84. The lowest BCUT2D eigenvalue weighted by Crippen LogP contribution is -2.30. The van der Waals surface area contributed by atoms with E-state index in [0.29, 0.717) is 10.7 Å². The number of benzene rings is 1. The van der Waals surface area contributed by atoms with Crippen LogP contribution in [0.25, 0.3) is 17.2 Å². The molecule has 0 unspecified atom stereocenters. The highest BCUT2D eigenvalue weighted by atomic mass is 35.5. The number of nitrogens with zero attached hydrogens (tertiary/aromatic N) is 5. The largest absolute Gasteiger partial charge is 0.346 e. The van der Waals surface area contributed by atoms with Gasteiger partial charge in [0.2, 0.25) is 5.82 Å². The van der Waals surface area contributed by atoms with Gasteiger partial charge in [0.25, 0.3) is 0 Å². The lowest BCUT2D eigenvalue weighted by molar-refractivity contribution is 0.0899.